The van der Waals surface area contributed by atoms with E-state index in [2.05, 4.69) is 5.32 Å². The minimum absolute atomic E-state index is 0.168. The van der Waals surface area contributed by atoms with Crippen molar-refractivity contribution in [1.29, 1.82) is 0 Å². The van der Waals surface area contributed by atoms with Crippen LogP contribution >= 0.6 is 0 Å². The van der Waals surface area contributed by atoms with Gasteiger partial charge in [-0.1, -0.05) is 54.6 Å². The summed E-state index contributed by atoms with van der Waals surface area (Å²) in [4.78, 5) is 64.0. The van der Waals surface area contributed by atoms with E-state index in [0.717, 1.165) is 27.2 Å². The van der Waals surface area contributed by atoms with E-state index in [9.17, 15) is 29.3 Å². The highest BCUT2D eigenvalue weighted by Gasteiger charge is 2.62. The summed E-state index contributed by atoms with van der Waals surface area (Å²) in [7, 11) is 0. The standard InChI is InChI=1S/C29H23N3O7/c1-15(29(36)39-14-22(33)30-16-7-6-8-17(13-16)32(37)38)31-27(34)25-23-18-9-2-3-10-19(18)24(26(25)28(31)35)21-12-5-4-11-20(21)23/h2-13,15,23-26H,14H2,1H3,(H,30,33)/t15-,23?,24?,25+,26+/m1/s1. The molecule has 3 amide bonds. The average molecular weight is 526 g/mol. The molecule has 3 aromatic rings. The molecule has 1 heterocycles. The Morgan fingerprint density at radius 3 is 1.90 bits per heavy atom. The first-order valence-corrected chi connectivity index (χ1v) is 12.5. The molecular weight excluding hydrogens is 502 g/mol. The number of carbonyl (C=O) groups excluding carboxylic acids is 4. The molecule has 7 rings (SSSR count). The lowest BCUT2D eigenvalue weighted by molar-refractivity contribution is -0.384. The number of non-ortho nitro benzene ring substituents is 1. The van der Waals surface area contributed by atoms with Gasteiger partial charge in [0.05, 0.1) is 16.8 Å². The van der Waals surface area contributed by atoms with E-state index in [0.29, 0.717) is 0 Å². The molecule has 3 aromatic carbocycles. The van der Waals surface area contributed by atoms with Crippen LogP contribution in [0.4, 0.5) is 11.4 Å². The molecule has 0 saturated carbocycles. The summed E-state index contributed by atoms with van der Waals surface area (Å²) in [6, 6.07) is 19.8. The number of benzene rings is 3. The van der Waals surface area contributed by atoms with Gasteiger partial charge in [0.2, 0.25) is 11.8 Å². The molecule has 39 heavy (non-hydrogen) atoms. The highest BCUT2D eigenvalue weighted by atomic mass is 16.6. The second-order valence-electron chi connectivity index (χ2n) is 9.95. The fourth-order valence-corrected chi connectivity index (χ4v) is 6.34. The van der Waals surface area contributed by atoms with Gasteiger partial charge in [0, 0.05) is 29.7 Å². The minimum Gasteiger partial charge on any atom is -0.454 e. The van der Waals surface area contributed by atoms with Crippen LogP contribution in [0, 0.1) is 22.0 Å². The Kier molecular flexibility index (Phi) is 5.75. The third kappa shape index (κ3) is 3.79. The van der Waals surface area contributed by atoms with Crippen molar-refractivity contribution < 1.29 is 28.8 Å². The van der Waals surface area contributed by atoms with Crippen molar-refractivity contribution in [2.24, 2.45) is 11.8 Å². The zero-order valence-corrected chi connectivity index (χ0v) is 20.8. The number of nitrogens with zero attached hydrogens (tertiary/aromatic N) is 2. The number of hydrogen-bond acceptors (Lipinski definition) is 7. The zero-order valence-electron chi connectivity index (χ0n) is 20.8. The lowest BCUT2D eigenvalue weighted by atomic mass is 9.55. The number of nitro benzene ring substituents is 1. The Hall–Kier alpha value is -4.86. The summed E-state index contributed by atoms with van der Waals surface area (Å²) >= 11 is 0. The number of esters is 1. The monoisotopic (exact) mass is 525 g/mol. The van der Waals surface area contributed by atoms with E-state index in [1.165, 1.54) is 31.2 Å². The lowest BCUT2D eigenvalue weighted by Gasteiger charge is -2.45. The van der Waals surface area contributed by atoms with Crippen molar-refractivity contribution in [3.05, 3.63) is 105 Å². The van der Waals surface area contributed by atoms with Crippen LogP contribution in [0.3, 0.4) is 0 Å². The van der Waals surface area contributed by atoms with Crippen molar-refractivity contribution in [2.75, 3.05) is 11.9 Å². The van der Waals surface area contributed by atoms with E-state index in [-0.39, 0.29) is 23.2 Å². The Bertz CT molecular complexity index is 1450. The summed E-state index contributed by atoms with van der Waals surface area (Å²) in [6.45, 7) is 0.729. The van der Waals surface area contributed by atoms with E-state index in [4.69, 9.17) is 4.74 Å². The number of anilines is 1. The second-order valence-corrected chi connectivity index (χ2v) is 9.95. The fraction of sp³-hybridized carbons (Fsp3) is 0.241. The van der Waals surface area contributed by atoms with E-state index in [1.54, 1.807) is 0 Å². The third-order valence-electron chi connectivity index (χ3n) is 7.90. The zero-order chi connectivity index (χ0) is 27.4. The van der Waals surface area contributed by atoms with Gasteiger partial charge in [-0.25, -0.2) is 4.79 Å². The molecule has 4 aliphatic rings. The maximum Gasteiger partial charge on any atom is 0.329 e. The smallest absolute Gasteiger partial charge is 0.329 e. The summed E-state index contributed by atoms with van der Waals surface area (Å²) in [5.74, 6) is -4.29. The first kappa shape index (κ1) is 24.5. The second kappa shape index (κ2) is 9.16. The Labute approximate surface area is 222 Å². The molecule has 1 aliphatic heterocycles. The molecule has 1 N–H and O–H groups in total. The number of likely N-dealkylation sites (tertiary alicyclic amines) is 1. The number of carbonyl (C=O) groups is 4. The molecule has 0 radical (unpaired) electrons. The van der Waals surface area contributed by atoms with Crippen LogP contribution in [0.15, 0.2) is 72.8 Å². The van der Waals surface area contributed by atoms with Gasteiger partial charge < -0.3 is 10.1 Å². The summed E-state index contributed by atoms with van der Waals surface area (Å²) in [5, 5.41) is 13.4. The predicted molar refractivity (Wildman–Crippen MR) is 138 cm³/mol. The molecule has 3 aliphatic carbocycles. The van der Waals surface area contributed by atoms with Crippen molar-refractivity contribution in [1.82, 2.24) is 4.90 Å². The number of imide groups is 1. The largest absolute Gasteiger partial charge is 0.454 e. The number of nitrogens with one attached hydrogen (secondary N) is 1. The van der Waals surface area contributed by atoms with Crippen LogP contribution < -0.4 is 5.32 Å². The molecule has 196 valence electrons. The molecule has 10 heteroatoms. The van der Waals surface area contributed by atoms with E-state index in [1.807, 2.05) is 48.5 Å². The summed E-state index contributed by atoms with van der Waals surface area (Å²) in [6.07, 6.45) is 0. The minimum atomic E-state index is -1.23. The van der Waals surface area contributed by atoms with Crippen molar-refractivity contribution in [3.8, 4) is 0 Å². The molecule has 2 bridgehead atoms. The maximum absolute atomic E-state index is 13.7. The van der Waals surface area contributed by atoms with Crippen molar-refractivity contribution in [3.63, 3.8) is 0 Å². The Morgan fingerprint density at radius 2 is 1.41 bits per heavy atom. The molecule has 10 nitrogen and oxygen atoms in total. The van der Waals surface area contributed by atoms with Gasteiger partial charge in [-0.3, -0.25) is 29.4 Å². The van der Waals surface area contributed by atoms with Crippen LogP contribution in [0.25, 0.3) is 0 Å². The maximum atomic E-state index is 13.7. The van der Waals surface area contributed by atoms with Crippen LogP contribution in [0.5, 0.6) is 0 Å². The van der Waals surface area contributed by atoms with Crippen LogP contribution in [-0.2, 0) is 23.9 Å². The van der Waals surface area contributed by atoms with Crippen LogP contribution in [-0.4, -0.2) is 46.2 Å². The molecule has 1 saturated heterocycles. The summed E-state index contributed by atoms with van der Waals surface area (Å²) < 4.78 is 5.14. The van der Waals surface area contributed by atoms with E-state index < -0.39 is 53.1 Å². The van der Waals surface area contributed by atoms with Gasteiger partial charge in [-0.05, 0) is 35.2 Å². The van der Waals surface area contributed by atoms with Crippen LogP contribution in [0.1, 0.15) is 41.0 Å². The molecular formula is C29H23N3O7. The molecule has 1 fully saturated rings. The summed E-state index contributed by atoms with van der Waals surface area (Å²) in [5.41, 5.74) is 4.07. The third-order valence-corrected chi connectivity index (χ3v) is 7.90. The molecule has 0 unspecified atom stereocenters. The highest BCUT2D eigenvalue weighted by Crippen LogP contribution is 2.61. The quantitative estimate of drug-likeness (QED) is 0.226. The Morgan fingerprint density at radius 1 is 0.897 bits per heavy atom. The Balaban J connectivity index is 1.19. The van der Waals surface area contributed by atoms with Gasteiger partial charge in [0.15, 0.2) is 6.61 Å². The molecule has 0 aromatic heterocycles. The highest BCUT2D eigenvalue weighted by molar-refractivity contribution is 6.10. The topological polar surface area (TPSA) is 136 Å². The lowest BCUT2D eigenvalue weighted by Crippen LogP contribution is -2.45. The van der Waals surface area contributed by atoms with Gasteiger partial charge in [0.1, 0.15) is 6.04 Å². The van der Waals surface area contributed by atoms with Gasteiger partial charge in [-0.2, -0.15) is 0 Å². The van der Waals surface area contributed by atoms with Gasteiger partial charge in [-0.15, -0.1) is 0 Å². The number of nitro groups is 1. The van der Waals surface area contributed by atoms with Gasteiger partial charge >= 0.3 is 5.97 Å². The number of rotatable bonds is 6. The van der Waals surface area contributed by atoms with E-state index >= 15 is 0 Å². The molecule has 0 spiro atoms. The number of hydrogen-bond donors (Lipinski definition) is 1. The SMILES string of the molecule is C[C@H](C(=O)OCC(=O)Nc1cccc([N+](=O)[O-])c1)N1C(=O)[C@H]2C3c4ccccc4C(c4ccccc43)[C@@H]2C1=O. The first-order valence-electron chi connectivity index (χ1n) is 12.5. The first-order chi connectivity index (χ1) is 18.8. The average Bonchev–Trinajstić information content (AvgIpc) is 3.21. The number of ether oxygens (including phenoxy) is 1. The molecule has 3 atom stereocenters. The van der Waals surface area contributed by atoms with Crippen molar-refractivity contribution >= 4 is 35.1 Å². The van der Waals surface area contributed by atoms with Gasteiger partial charge in [0.25, 0.3) is 11.6 Å². The van der Waals surface area contributed by atoms with Crippen LogP contribution in [0.2, 0.25) is 0 Å². The normalized spacial score (nSPS) is 22.9. The fourth-order valence-electron chi connectivity index (χ4n) is 6.34. The number of amides is 3. The van der Waals surface area contributed by atoms with Crippen molar-refractivity contribution in [2.45, 2.75) is 24.8 Å². The predicted octanol–water partition coefficient (Wildman–Crippen LogP) is 3.36.